The Morgan fingerprint density at radius 3 is 2.63 bits per heavy atom. The molecule has 6 heteroatoms. The third-order valence-electron chi connectivity index (χ3n) is 2.85. The Hall–Kier alpha value is -1.59. The first-order valence-corrected chi connectivity index (χ1v) is 6.22. The van der Waals surface area contributed by atoms with E-state index in [1.54, 1.807) is 13.1 Å². The summed E-state index contributed by atoms with van der Waals surface area (Å²) in [6.45, 7) is 1.88. The van der Waals surface area contributed by atoms with E-state index in [1.807, 2.05) is 18.2 Å². The number of amides is 1. The van der Waals surface area contributed by atoms with Crippen LogP contribution < -0.4 is 5.32 Å². The Kier molecular flexibility index (Phi) is 5.79. The van der Waals surface area contributed by atoms with Crippen molar-refractivity contribution >= 4 is 23.5 Å². The Morgan fingerprint density at radius 2 is 2.05 bits per heavy atom. The van der Waals surface area contributed by atoms with Gasteiger partial charge < -0.3 is 10.4 Å². The van der Waals surface area contributed by atoms with E-state index in [2.05, 4.69) is 5.32 Å². The molecule has 0 aliphatic rings. The molecule has 1 unspecified atom stereocenters. The molecule has 0 fully saturated rings. The number of rotatable bonds is 6. The van der Waals surface area contributed by atoms with Crippen molar-refractivity contribution in [2.45, 2.75) is 19.5 Å². The summed E-state index contributed by atoms with van der Waals surface area (Å²) in [5.74, 6) is -1.20. The number of carbonyl (C=O) groups is 2. The molecule has 1 aromatic rings. The van der Waals surface area contributed by atoms with Gasteiger partial charge in [0.15, 0.2) is 0 Å². The van der Waals surface area contributed by atoms with Crippen LogP contribution in [0, 0.1) is 0 Å². The molecule has 19 heavy (non-hydrogen) atoms. The average Bonchev–Trinajstić information content (AvgIpc) is 2.36. The lowest BCUT2D eigenvalue weighted by Gasteiger charge is -2.20. The van der Waals surface area contributed by atoms with E-state index in [0.717, 1.165) is 5.56 Å². The molecular formula is C13H17ClN2O3. The van der Waals surface area contributed by atoms with Crippen molar-refractivity contribution in [1.29, 1.82) is 0 Å². The van der Waals surface area contributed by atoms with Crippen LogP contribution in [0.5, 0.6) is 0 Å². The zero-order chi connectivity index (χ0) is 14.4. The molecule has 0 aliphatic carbocycles. The number of benzene rings is 1. The fraction of sp³-hybridized carbons (Fsp3) is 0.385. The molecule has 0 aromatic heterocycles. The van der Waals surface area contributed by atoms with E-state index in [9.17, 15) is 9.59 Å². The number of carboxylic acids is 1. The van der Waals surface area contributed by atoms with Crippen molar-refractivity contribution in [3.05, 3.63) is 34.9 Å². The van der Waals surface area contributed by atoms with Gasteiger partial charge in [0.2, 0.25) is 5.91 Å². The van der Waals surface area contributed by atoms with Crippen molar-refractivity contribution in [2.24, 2.45) is 0 Å². The monoisotopic (exact) mass is 284 g/mol. The summed E-state index contributed by atoms with van der Waals surface area (Å²) in [4.78, 5) is 23.9. The highest BCUT2D eigenvalue weighted by Crippen LogP contribution is 2.14. The first-order chi connectivity index (χ1) is 8.91. The van der Waals surface area contributed by atoms with E-state index < -0.39 is 12.0 Å². The molecule has 0 saturated carbocycles. The molecule has 0 spiro atoms. The second-order valence-corrected chi connectivity index (χ2v) is 4.70. The largest absolute Gasteiger partial charge is 0.480 e. The number of carbonyl (C=O) groups excluding carboxylic acids is 1. The molecular weight excluding hydrogens is 268 g/mol. The van der Waals surface area contributed by atoms with E-state index in [4.69, 9.17) is 16.7 Å². The molecule has 0 bridgehead atoms. The van der Waals surface area contributed by atoms with Gasteiger partial charge in [0.25, 0.3) is 0 Å². The predicted molar refractivity (Wildman–Crippen MR) is 73.0 cm³/mol. The summed E-state index contributed by atoms with van der Waals surface area (Å²) in [5, 5.41) is 12.1. The highest BCUT2D eigenvalue weighted by molar-refractivity contribution is 6.31. The lowest BCUT2D eigenvalue weighted by molar-refractivity contribution is -0.142. The van der Waals surface area contributed by atoms with Crippen molar-refractivity contribution in [3.8, 4) is 0 Å². The van der Waals surface area contributed by atoms with Gasteiger partial charge in [0.1, 0.15) is 6.04 Å². The molecule has 104 valence electrons. The lowest BCUT2D eigenvalue weighted by Crippen LogP contribution is -2.42. The van der Waals surface area contributed by atoms with Gasteiger partial charge >= 0.3 is 5.97 Å². The molecule has 0 radical (unpaired) electrons. The van der Waals surface area contributed by atoms with Gasteiger partial charge in [-0.05, 0) is 25.6 Å². The lowest BCUT2D eigenvalue weighted by atomic mass is 10.2. The van der Waals surface area contributed by atoms with E-state index in [-0.39, 0.29) is 12.5 Å². The van der Waals surface area contributed by atoms with Gasteiger partial charge in [-0.1, -0.05) is 29.8 Å². The third kappa shape index (κ3) is 4.89. The molecule has 1 rings (SSSR count). The topological polar surface area (TPSA) is 69.6 Å². The Labute approximate surface area is 117 Å². The minimum absolute atomic E-state index is 0.0257. The van der Waals surface area contributed by atoms with Crippen LogP contribution >= 0.6 is 11.6 Å². The fourth-order valence-corrected chi connectivity index (χ4v) is 1.65. The van der Waals surface area contributed by atoms with Gasteiger partial charge in [0.05, 0.1) is 6.54 Å². The Bertz CT molecular complexity index is 465. The summed E-state index contributed by atoms with van der Waals surface area (Å²) < 4.78 is 0. The van der Waals surface area contributed by atoms with E-state index in [0.29, 0.717) is 11.6 Å². The third-order valence-corrected chi connectivity index (χ3v) is 3.21. The van der Waals surface area contributed by atoms with Gasteiger partial charge in [0, 0.05) is 11.6 Å². The Balaban J connectivity index is 2.44. The van der Waals surface area contributed by atoms with Crippen LogP contribution in [-0.4, -0.2) is 41.5 Å². The minimum Gasteiger partial charge on any atom is -0.480 e. The quantitative estimate of drug-likeness (QED) is 0.828. The zero-order valence-electron chi connectivity index (χ0n) is 10.9. The van der Waals surface area contributed by atoms with Gasteiger partial charge in [-0.3, -0.25) is 14.5 Å². The SMILES string of the molecule is CC(C(=O)O)N(C)CC(=O)NCc1ccccc1Cl. The normalized spacial score (nSPS) is 12.2. The first kappa shape index (κ1) is 15.5. The number of nitrogens with zero attached hydrogens (tertiary/aromatic N) is 1. The highest BCUT2D eigenvalue weighted by Gasteiger charge is 2.18. The highest BCUT2D eigenvalue weighted by atomic mass is 35.5. The number of halogens is 1. The van der Waals surface area contributed by atoms with Crippen molar-refractivity contribution < 1.29 is 14.7 Å². The number of hydrogen-bond donors (Lipinski definition) is 2. The predicted octanol–water partition coefficient (Wildman–Crippen LogP) is 1.36. The van der Waals surface area contributed by atoms with Crippen LogP contribution in [0.1, 0.15) is 12.5 Å². The first-order valence-electron chi connectivity index (χ1n) is 5.85. The van der Waals surface area contributed by atoms with Crippen LogP contribution in [-0.2, 0) is 16.1 Å². The molecule has 0 heterocycles. The van der Waals surface area contributed by atoms with Crippen molar-refractivity contribution in [3.63, 3.8) is 0 Å². The smallest absolute Gasteiger partial charge is 0.320 e. The summed E-state index contributed by atoms with van der Waals surface area (Å²) in [6.07, 6.45) is 0. The minimum atomic E-state index is -0.957. The molecule has 0 saturated heterocycles. The van der Waals surface area contributed by atoms with Crippen LogP contribution in [0.3, 0.4) is 0 Å². The number of hydrogen-bond acceptors (Lipinski definition) is 3. The summed E-state index contributed by atoms with van der Waals surface area (Å²) in [5.41, 5.74) is 0.825. The molecule has 1 atom stereocenters. The van der Waals surface area contributed by atoms with Gasteiger partial charge in [-0.25, -0.2) is 0 Å². The maximum Gasteiger partial charge on any atom is 0.320 e. The molecule has 5 nitrogen and oxygen atoms in total. The maximum absolute atomic E-state index is 11.7. The van der Waals surface area contributed by atoms with Gasteiger partial charge in [-0.15, -0.1) is 0 Å². The second-order valence-electron chi connectivity index (χ2n) is 4.30. The van der Waals surface area contributed by atoms with Crippen LogP contribution in [0.15, 0.2) is 24.3 Å². The van der Waals surface area contributed by atoms with Crippen molar-refractivity contribution in [1.82, 2.24) is 10.2 Å². The number of likely N-dealkylation sites (N-methyl/N-ethyl adjacent to an activating group) is 1. The molecule has 2 N–H and O–H groups in total. The van der Waals surface area contributed by atoms with Crippen molar-refractivity contribution in [2.75, 3.05) is 13.6 Å². The van der Waals surface area contributed by atoms with Gasteiger partial charge in [-0.2, -0.15) is 0 Å². The van der Waals surface area contributed by atoms with E-state index in [1.165, 1.54) is 11.8 Å². The number of aliphatic carboxylic acids is 1. The molecule has 1 aromatic carbocycles. The Morgan fingerprint density at radius 1 is 1.42 bits per heavy atom. The fourth-order valence-electron chi connectivity index (χ4n) is 1.44. The summed E-state index contributed by atoms with van der Waals surface area (Å²) >= 11 is 5.97. The molecule has 1 amide bonds. The number of nitrogens with one attached hydrogen (secondary N) is 1. The maximum atomic E-state index is 11.7. The average molecular weight is 285 g/mol. The number of carboxylic acid groups (broad SMARTS) is 1. The summed E-state index contributed by atoms with van der Waals surface area (Å²) in [7, 11) is 1.59. The van der Waals surface area contributed by atoms with Crippen LogP contribution in [0.4, 0.5) is 0 Å². The standard InChI is InChI=1S/C13H17ClN2O3/c1-9(13(18)19)16(2)8-12(17)15-7-10-5-3-4-6-11(10)14/h3-6,9H,7-8H2,1-2H3,(H,15,17)(H,18,19). The molecule has 0 aliphatic heterocycles. The van der Waals surface area contributed by atoms with Crippen LogP contribution in [0.2, 0.25) is 5.02 Å². The summed E-state index contributed by atoms with van der Waals surface area (Å²) in [6, 6.07) is 6.53. The van der Waals surface area contributed by atoms with Crippen LogP contribution in [0.25, 0.3) is 0 Å². The zero-order valence-corrected chi connectivity index (χ0v) is 11.6. The second kappa shape index (κ2) is 7.11. The van der Waals surface area contributed by atoms with E-state index >= 15 is 0 Å².